The van der Waals surface area contributed by atoms with Gasteiger partial charge in [-0.05, 0) is 26.2 Å². The van der Waals surface area contributed by atoms with Gasteiger partial charge in [0.25, 0.3) is 0 Å². The van der Waals surface area contributed by atoms with Gasteiger partial charge in [-0.1, -0.05) is 70.4 Å². The number of hydrogen-bond acceptors (Lipinski definition) is 2. The zero-order chi connectivity index (χ0) is 18.3. The monoisotopic (exact) mass is 335 g/mol. The van der Waals surface area contributed by atoms with Crippen LogP contribution in [0, 0.1) is 0 Å². The Morgan fingerprint density at radius 3 is 1.58 bits per heavy atom. The van der Waals surface area contributed by atoms with Crippen molar-refractivity contribution in [2.24, 2.45) is 0 Å². The van der Waals surface area contributed by atoms with Crippen molar-refractivity contribution >= 4 is 5.97 Å². The fraction of sp³-hybridized carbons (Fsp3) is 0.667. The standard InChI is InChI=1S/C19H34N.C2H4O2/c1-4-7-15-20(16-8-5-2,17-9-6-3)18-19-13-11-10-12-14-19;1-2(3)4/h10-14H,4-9,15-18H2,1-3H3;1H3,(H,3,4)/q+1;/p-1. The second kappa shape index (κ2) is 14.0. The average Bonchev–Trinajstić information content (AvgIpc) is 2.56. The Labute approximate surface area is 149 Å². The number of carboxylic acids is 1. The first kappa shape index (κ1) is 22.6. The van der Waals surface area contributed by atoms with E-state index >= 15 is 0 Å². The summed E-state index contributed by atoms with van der Waals surface area (Å²) in [5.74, 6) is -1.08. The fourth-order valence-electron chi connectivity index (χ4n) is 3.02. The summed E-state index contributed by atoms with van der Waals surface area (Å²) in [6.07, 6.45) is 8.02. The van der Waals surface area contributed by atoms with Crippen LogP contribution >= 0.6 is 0 Å². The Hall–Kier alpha value is -1.35. The third-order valence-electron chi connectivity index (χ3n) is 4.32. The normalized spacial score (nSPS) is 10.8. The summed E-state index contributed by atoms with van der Waals surface area (Å²) >= 11 is 0. The van der Waals surface area contributed by atoms with Gasteiger partial charge in [-0.3, -0.25) is 0 Å². The number of rotatable bonds is 11. The van der Waals surface area contributed by atoms with Crippen LogP contribution in [-0.4, -0.2) is 30.1 Å². The Morgan fingerprint density at radius 2 is 1.25 bits per heavy atom. The molecule has 0 fully saturated rings. The molecule has 138 valence electrons. The highest BCUT2D eigenvalue weighted by atomic mass is 16.4. The van der Waals surface area contributed by atoms with E-state index in [-0.39, 0.29) is 0 Å². The predicted octanol–water partition coefficient (Wildman–Crippen LogP) is 4.16. The van der Waals surface area contributed by atoms with E-state index in [1.165, 1.54) is 74.8 Å². The van der Waals surface area contributed by atoms with Gasteiger partial charge >= 0.3 is 0 Å². The van der Waals surface area contributed by atoms with E-state index in [0.29, 0.717) is 0 Å². The zero-order valence-electron chi connectivity index (χ0n) is 16.2. The van der Waals surface area contributed by atoms with Crippen LogP contribution in [0.15, 0.2) is 30.3 Å². The van der Waals surface area contributed by atoms with Crippen molar-refractivity contribution in [2.75, 3.05) is 19.6 Å². The number of carboxylic acid groups (broad SMARTS) is 1. The lowest BCUT2D eigenvalue weighted by atomic mass is 10.1. The van der Waals surface area contributed by atoms with Gasteiger partial charge in [0.15, 0.2) is 0 Å². The SMILES string of the molecule is CC(=O)[O-].CCCC[N+](CCCC)(CCCC)Cc1ccccc1. The lowest BCUT2D eigenvalue weighted by Crippen LogP contribution is -2.49. The Kier molecular flexibility index (Phi) is 13.2. The molecule has 0 spiro atoms. The van der Waals surface area contributed by atoms with Crippen molar-refractivity contribution in [3.05, 3.63) is 35.9 Å². The van der Waals surface area contributed by atoms with Crippen LogP contribution in [0.5, 0.6) is 0 Å². The molecule has 0 aromatic heterocycles. The molecule has 0 aliphatic heterocycles. The van der Waals surface area contributed by atoms with Crippen LogP contribution in [0.25, 0.3) is 0 Å². The fourth-order valence-corrected chi connectivity index (χ4v) is 3.02. The maximum atomic E-state index is 8.89. The third-order valence-corrected chi connectivity index (χ3v) is 4.32. The van der Waals surface area contributed by atoms with Gasteiger partial charge in [-0.2, -0.15) is 0 Å². The van der Waals surface area contributed by atoms with E-state index in [4.69, 9.17) is 9.90 Å². The molecule has 0 N–H and O–H groups in total. The molecule has 0 saturated heterocycles. The van der Waals surface area contributed by atoms with E-state index in [9.17, 15) is 0 Å². The predicted molar refractivity (Wildman–Crippen MR) is 100 cm³/mol. The van der Waals surface area contributed by atoms with Crippen LogP contribution in [-0.2, 0) is 11.3 Å². The molecule has 3 nitrogen and oxygen atoms in total. The molecule has 1 rings (SSSR count). The topological polar surface area (TPSA) is 40.1 Å². The molecule has 0 aliphatic rings. The van der Waals surface area contributed by atoms with E-state index in [1.54, 1.807) is 0 Å². The molecule has 0 aliphatic carbocycles. The van der Waals surface area contributed by atoms with E-state index in [0.717, 1.165) is 6.92 Å². The largest absolute Gasteiger partial charge is 0.550 e. The number of nitrogens with zero attached hydrogens (tertiary/aromatic N) is 1. The first-order valence-electron chi connectivity index (χ1n) is 9.56. The minimum Gasteiger partial charge on any atom is -0.550 e. The second-order valence-corrected chi connectivity index (χ2v) is 6.71. The highest BCUT2D eigenvalue weighted by Gasteiger charge is 2.25. The summed E-state index contributed by atoms with van der Waals surface area (Å²) in [6.45, 7) is 13.2. The van der Waals surface area contributed by atoms with Gasteiger partial charge in [0, 0.05) is 11.5 Å². The molecule has 0 saturated carbocycles. The minimum absolute atomic E-state index is 0.972. The molecule has 0 heterocycles. The van der Waals surface area contributed by atoms with E-state index in [1.807, 2.05) is 0 Å². The van der Waals surface area contributed by atoms with E-state index < -0.39 is 5.97 Å². The summed E-state index contributed by atoms with van der Waals surface area (Å²) < 4.78 is 1.31. The van der Waals surface area contributed by atoms with Crippen molar-refractivity contribution in [1.82, 2.24) is 0 Å². The number of hydrogen-bond donors (Lipinski definition) is 0. The van der Waals surface area contributed by atoms with Crippen molar-refractivity contribution in [3.8, 4) is 0 Å². The van der Waals surface area contributed by atoms with Gasteiger partial charge in [0.05, 0.1) is 19.6 Å². The molecule has 24 heavy (non-hydrogen) atoms. The van der Waals surface area contributed by atoms with Crippen LogP contribution in [0.4, 0.5) is 0 Å². The second-order valence-electron chi connectivity index (χ2n) is 6.71. The first-order valence-corrected chi connectivity index (χ1v) is 9.56. The first-order chi connectivity index (χ1) is 11.5. The van der Waals surface area contributed by atoms with Crippen LogP contribution in [0.3, 0.4) is 0 Å². The summed E-state index contributed by atoms with van der Waals surface area (Å²) in [5, 5.41) is 8.89. The van der Waals surface area contributed by atoms with Crippen molar-refractivity contribution in [1.29, 1.82) is 0 Å². The lowest BCUT2D eigenvalue weighted by Gasteiger charge is -2.39. The van der Waals surface area contributed by atoms with Crippen LogP contribution in [0.1, 0.15) is 71.8 Å². The highest BCUT2D eigenvalue weighted by molar-refractivity contribution is 5.60. The van der Waals surface area contributed by atoms with Crippen molar-refractivity contribution in [2.45, 2.75) is 72.8 Å². The summed E-state index contributed by atoms with van der Waals surface area (Å²) in [6, 6.07) is 11.1. The zero-order valence-corrected chi connectivity index (χ0v) is 16.2. The molecular formula is C21H37NO2. The van der Waals surface area contributed by atoms with Gasteiger partial charge in [-0.25, -0.2) is 0 Å². The van der Waals surface area contributed by atoms with Crippen molar-refractivity contribution in [3.63, 3.8) is 0 Å². The molecule has 0 radical (unpaired) electrons. The Bertz CT molecular complexity index is 391. The molecule has 0 amide bonds. The minimum atomic E-state index is -1.08. The maximum absolute atomic E-state index is 8.89. The van der Waals surface area contributed by atoms with Crippen LogP contribution < -0.4 is 5.11 Å². The highest BCUT2D eigenvalue weighted by Crippen LogP contribution is 2.19. The number of benzene rings is 1. The number of unbranched alkanes of at least 4 members (excludes halogenated alkanes) is 3. The summed E-state index contributed by atoms with van der Waals surface area (Å²) in [7, 11) is 0. The molecule has 1 aromatic carbocycles. The molecule has 1 aromatic rings. The Morgan fingerprint density at radius 1 is 0.875 bits per heavy atom. The smallest absolute Gasteiger partial charge is 0.104 e. The maximum Gasteiger partial charge on any atom is 0.104 e. The number of carbonyl (C=O) groups excluding carboxylic acids is 1. The molecule has 0 unspecified atom stereocenters. The number of aliphatic carboxylic acids is 1. The molecular weight excluding hydrogens is 298 g/mol. The number of carbonyl (C=O) groups is 1. The van der Waals surface area contributed by atoms with Gasteiger partial charge in [0.2, 0.25) is 0 Å². The quantitative estimate of drug-likeness (QED) is 0.570. The molecule has 0 bridgehead atoms. The van der Waals surface area contributed by atoms with Gasteiger partial charge in [-0.15, -0.1) is 0 Å². The summed E-state index contributed by atoms with van der Waals surface area (Å²) in [5.41, 5.74) is 1.51. The number of quaternary nitrogens is 1. The molecule has 3 heteroatoms. The van der Waals surface area contributed by atoms with E-state index in [2.05, 4.69) is 51.1 Å². The molecule has 0 atom stereocenters. The van der Waals surface area contributed by atoms with Crippen LogP contribution in [0.2, 0.25) is 0 Å². The van der Waals surface area contributed by atoms with Gasteiger partial charge < -0.3 is 14.4 Å². The Balaban J connectivity index is 0.00000118. The average molecular weight is 336 g/mol. The third kappa shape index (κ3) is 11.2. The summed E-state index contributed by atoms with van der Waals surface area (Å²) in [4.78, 5) is 8.89. The van der Waals surface area contributed by atoms with Gasteiger partial charge in [0.1, 0.15) is 6.54 Å². The lowest BCUT2D eigenvalue weighted by molar-refractivity contribution is -0.941. The van der Waals surface area contributed by atoms with Crippen molar-refractivity contribution < 1.29 is 14.4 Å².